The van der Waals surface area contributed by atoms with Crippen LogP contribution in [0.1, 0.15) is 67.5 Å². The van der Waals surface area contributed by atoms with Gasteiger partial charge in [-0.1, -0.05) is 12.8 Å². The minimum atomic E-state index is -4.01. The summed E-state index contributed by atoms with van der Waals surface area (Å²) in [4.78, 5) is 12.3. The number of rotatable bonds is 4. The number of carbonyl (C=O) groups is 1. The van der Waals surface area contributed by atoms with Crippen molar-refractivity contribution in [2.75, 3.05) is 0 Å². The molecule has 8 heteroatoms. The molecular weight excluding hydrogens is 314 g/mol. The van der Waals surface area contributed by atoms with E-state index in [4.69, 9.17) is 10.7 Å². The predicted molar refractivity (Wildman–Crippen MR) is 77.9 cm³/mol. The van der Waals surface area contributed by atoms with Crippen molar-refractivity contribution in [2.24, 2.45) is 0 Å². The van der Waals surface area contributed by atoms with Gasteiger partial charge < -0.3 is 5.32 Å². The van der Waals surface area contributed by atoms with Crippen molar-refractivity contribution in [3.63, 3.8) is 0 Å². The third-order valence-electron chi connectivity index (χ3n) is 4.31. The van der Waals surface area contributed by atoms with Gasteiger partial charge in [-0.15, -0.1) is 0 Å². The number of carbonyl (C=O) groups excluding carboxylic acids is 1. The van der Waals surface area contributed by atoms with Crippen LogP contribution in [0.15, 0.2) is 4.90 Å². The van der Waals surface area contributed by atoms with Gasteiger partial charge in [0.2, 0.25) is 0 Å². The van der Waals surface area contributed by atoms with Crippen LogP contribution >= 0.6 is 10.7 Å². The molecule has 0 radical (unpaired) electrons. The first-order valence-electron chi connectivity index (χ1n) is 7.16. The fourth-order valence-electron chi connectivity index (χ4n) is 3.01. The highest BCUT2D eigenvalue weighted by Crippen LogP contribution is 2.43. The van der Waals surface area contributed by atoms with Crippen molar-refractivity contribution in [1.29, 1.82) is 0 Å². The molecule has 0 unspecified atom stereocenters. The van der Waals surface area contributed by atoms with E-state index in [1.165, 1.54) is 0 Å². The number of halogens is 1. The number of hydrogen-bond acceptors (Lipinski definition) is 4. The summed E-state index contributed by atoms with van der Waals surface area (Å²) < 4.78 is 23.6. The Morgan fingerprint density at radius 3 is 2.52 bits per heavy atom. The topological polar surface area (TPSA) is 91.9 Å². The number of aromatic amines is 1. The second-order valence-electron chi connectivity index (χ2n) is 6.25. The molecule has 0 atom stereocenters. The third-order valence-corrected chi connectivity index (χ3v) is 5.68. The Bertz CT molecular complexity index is 673. The molecule has 2 saturated carbocycles. The largest absolute Gasteiger partial charge is 0.345 e. The molecule has 6 nitrogen and oxygen atoms in total. The summed E-state index contributed by atoms with van der Waals surface area (Å²) in [6.45, 7) is 1.97. The molecule has 2 aliphatic carbocycles. The lowest BCUT2D eigenvalue weighted by molar-refractivity contribution is 0.0899. The summed E-state index contributed by atoms with van der Waals surface area (Å²) in [5, 5.41) is 9.52. The van der Waals surface area contributed by atoms with E-state index in [0.29, 0.717) is 5.69 Å². The second kappa shape index (κ2) is 4.98. The monoisotopic (exact) mass is 331 g/mol. The van der Waals surface area contributed by atoms with Gasteiger partial charge in [-0.05, 0) is 32.6 Å². The Morgan fingerprint density at radius 1 is 1.38 bits per heavy atom. The van der Waals surface area contributed by atoms with E-state index in [1.807, 2.05) is 6.92 Å². The Kier molecular flexibility index (Phi) is 3.52. The van der Waals surface area contributed by atoms with E-state index >= 15 is 0 Å². The number of nitrogens with one attached hydrogen (secondary N) is 2. The van der Waals surface area contributed by atoms with Crippen LogP contribution < -0.4 is 5.32 Å². The molecule has 1 heterocycles. The number of aromatic nitrogens is 2. The smallest absolute Gasteiger partial charge is 0.273 e. The number of H-pyrrole nitrogens is 1. The number of amides is 1. The van der Waals surface area contributed by atoms with Crippen LogP contribution in [-0.2, 0) is 9.05 Å². The minimum absolute atomic E-state index is 0.111. The van der Waals surface area contributed by atoms with Crippen LogP contribution in [0.25, 0.3) is 0 Å². The normalized spacial score (nSPS) is 21.4. The van der Waals surface area contributed by atoms with Crippen molar-refractivity contribution < 1.29 is 13.2 Å². The molecule has 2 N–H and O–H groups in total. The summed E-state index contributed by atoms with van der Waals surface area (Å²) in [6, 6.07) is 0. The van der Waals surface area contributed by atoms with Crippen molar-refractivity contribution in [1.82, 2.24) is 15.5 Å². The van der Waals surface area contributed by atoms with Gasteiger partial charge in [-0.25, -0.2) is 8.42 Å². The van der Waals surface area contributed by atoms with Gasteiger partial charge >= 0.3 is 0 Å². The zero-order chi connectivity index (χ0) is 15.3. The summed E-state index contributed by atoms with van der Waals surface area (Å²) in [5.41, 5.74) is 0.0649. The van der Waals surface area contributed by atoms with E-state index in [-0.39, 0.29) is 22.0 Å². The average Bonchev–Trinajstić information content (AvgIpc) is 2.96. The second-order valence-corrected chi connectivity index (χ2v) is 8.75. The Balaban J connectivity index is 1.93. The first-order chi connectivity index (χ1) is 9.80. The van der Waals surface area contributed by atoms with E-state index < -0.39 is 15.0 Å². The summed E-state index contributed by atoms with van der Waals surface area (Å²) >= 11 is 0. The maximum atomic E-state index is 12.4. The summed E-state index contributed by atoms with van der Waals surface area (Å²) in [7, 11) is 1.50. The number of nitrogens with zero attached hydrogens (tertiary/aromatic N) is 1. The molecule has 1 amide bonds. The van der Waals surface area contributed by atoms with Crippen LogP contribution in [-0.4, -0.2) is 30.1 Å². The molecule has 0 aromatic carbocycles. The third kappa shape index (κ3) is 2.94. The molecule has 0 spiro atoms. The molecule has 1 aromatic rings. The van der Waals surface area contributed by atoms with Crippen molar-refractivity contribution in [3.8, 4) is 0 Å². The quantitative estimate of drug-likeness (QED) is 0.828. The van der Waals surface area contributed by atoms with Crippen LogP contribution in [0.2, 0.25) is 0 Å². The van der Waals surface area contributed by atoms with Gasteiger partial charge in [-0.3, -0.25) is 9.89 Å². The Morgan fingerprint density at radius 2 is 2.00 bits per heavy atom. The lowest BCUT2D eigenvalue weighted by atomic mass is 10.0. The predicted octanol–water partition coefficient (Wildman–Crippen LogP) is 2.28. The van der Waals surface area contributed by atoms with Crippen LogP contribution in [0, 0.1) is 0 Å². The molecule has 0 aliphatic heterocycles. The zero-order valence-corrected chi connectivity index (χ0v) is 13.4. The Hall–Kier alpha value is -1.08. The minimum Gasteiger partial charge on any atom is -0.345 e. The Labute approximate surface area is 128 Å². The highest BCUT2D eigenvalue weighted by Gasteiger charge is 2.38. The maximum absolute atomic E-state index is 12.4. The van der Waals surface area contributed by atoms with E-state index in [0.717, 1.165) is 38.5 Å². The molecule has 2 aliphatic rings. The zero-order valence-electron chi connectivity index (χ0n) is 11.8. The van der Waals surface area contributed by atoms with E-state index in [1.54, 1.807) is 0 Å². The van der Waals surface area contributed by atoms with Crippen molar-refractivity contribution in [3.05, 3.63) is 11.4 Å². The maximum Gasteiger partial charge on any atom is 0.273 e. The van der Waals surface area contributed by atoms with Crippen LogP contribution in [0.3, 0.4) is 0 Å². The summed E-state index contributed by atoms with van der Waals surface area (Å²) in [5.74, 6) is -0.355. The first kappa shape index (κ1) is 14.8. The number of hydrogen-bond donors (Lipinski definition) is 2. The molecule has 1 aromatic heterocycles. The van der Waals surface area contributed by atoms with Crippen LogP contribution in [0.4, 0.5) is 0 Å². The summed E-state index contributed by atoms with van der Waals surface area (Å²) in [6.07, 6.45) is 5.68. The molecule has 0 bridgehead atoms. The van der Waals surface area contributed by atoms with Gasteiger partial charge in [-0.2, -0.15) is 5.10 Å². The molecule has 21 heavy (non-hydrogen) atoms. The lowest BCUT2D eigenvalue weighted by Gasteiger charge is -2.24. The highest BCUT2D eigenvalue weighted by atomic mass is 35.7. The molecule has 0 saturated heterocycles. The van der Waals surface area contributed by atoms with Gasteiger partial charge in [0.1, 0.15) is 4.90 Å². The van der Waals surface area contributed by atoms with Gasteiger partial charge in [0.15, 0.2) is 5.69 Å². The van der Waals surface area contributed by atoms with Gasteiger partial charge in [0.05, 0.1) is 5.69 Å². The molecular formula is C13H18ClN3O3S. The van der Waals surface area contributed by atoms with Gasteiger partial charge in [0, 0.05) is 22.1 Å². The van der Waals surface area contributed by atoms with Crippen LogP contribution in [0.5, 0.6) is 0 Å². The molecule has 116 valence electrons. The first-order valence-corrected chi connectivity index (χ1v) is 9.46. The SMILES string of the molecule is CC1(NC(=O)c2n[nH]c(C3CC3)c2S(=O)(=O)Cl)CCCC1. The van der Waals surface area contributed by atoms with Gasteiger partial charge in [0.25, 0.3) is 15.0 Å². The van der Waals surface area contributed by atoms with E-state index in [2.05, 4.69) is 15.5 Å². The highest BCUT2D eigenvalue weighted by molar-refractivity contribution is 8.13. The standard InChI is InChI=1S/C13H18ClN3O3S/c1-13(6-2-3-7-13)15-12(18)10-11(21(14,19)20)9(16-17-10)8-4-5-8/h8H,2-7H2,1H3,(H,15,18)(H,16,17). The average molecular weight is 332 g/mol. The molecule has 2 fully saturated rings. The lowest BCUT2D eigenvalue weighted by Crippen LogP contribution is -2.44. The van der Waals surface area contributed by atoms with Crippen molar-refractivity contribution >= 4 is 25.6 Å². The fourth-order valence-corrected chi connectivity index (χ4v) is 4.32. The van der Waals surface area contributed by atoms with Crippen molar-refractivity contribution in [2.45, 2.75) is 61.8 Å². The van der Waals surface area contributed by atoms with E-state index in [9.17, 15) is 13.2 Å². The fraction of sp³-hybridized carbons (Fsp3) is 0.692. The molecule has 3 rings (SSSR count).